The van der Waals surface area contributed by atoms with Crippen LogP contribution in [0.2, 0.25) is 0 Å². The Balaban J connectivity index is 1.28. The van der Waals surface area contributed by atoms with Crippen LogP contribution in [0.15, 0.2) is 70.5 Å². The molecule has 2 amide bonds. The number of fused-ring (bicyclic) bond motifs is 3. The number of nitrogens with one attached hydrogen (secondary N) is 2. The van der Waals surface area contributed by atoms with E-state index in [4.69, 9.17) is 13.9 Å². The molecular weight excluding hydrogens is 466 g/mol. The average molecular weight is 488 g/mol. The second-order valence-electron chi connectivity index (χ2n) is 7.76. The number of aryl methyl sites for hydroxylation is 1. The van der Waals surface area contributed by atoms with E-state index in [1.807, 2.05) is 48.7 Å². The summed E-state index contributed by atoms with van der Waals surface area (Å²) in [7, 11) is 1.49. The number of carbonyl (C=O) groups excluding carboxylic acids is 2. The number of aromatic nitrogens is 1. The van der Waals surface area contributed by atoms with Gasteiger partial charge in [0.15, 0.2) is 11.7 Å². The van der Waals surface area contributed by atoms with Crippen molar-refractivity contribution < 1.29 is 23.5 Å². The standard InChI is InChI=1S/C26H21N3O5S/c1-15-14-35-26(27-15)29-25(31)16-7-9-23(32-2)20(11-16)28-24(30)13-33-17-8-10-22-19(12-17)18-5-3-4-6-21(18)34-22/h3-12,14H,13H2,1-2H3,(H,28,30)(H,27,29,31). The van der Waals surface area contributed by atoms with Gasteiger partial charge in [-0.3, -0.25) is 14.9 Å². The van der Waals surface area contributed by atoms with E-state index in [2.05, 4.69) is 15.6 Å². The van der Waals surface area contributed by atoms with E-state index in [9.17, 15) is 9.59 Å². The number of nitrogens with zero attached hydrogens (tertiary/aromatic N) is 1. The van der Waals surface area contributed by atoms with Crippen LogP contribution in [0, 0.1) is 6.92 Å². The van der Waals surface area contributed by atoms with Gasteiger partial charge in [0.2, 0.25) is 0 Å². The van der Waals surface area contributed by atoms with Gasteiger partial charge in [0.25, 0.3) is 11.8 Å². The average Bonchev–Trinajstić information content (AvgIpc) is 3.45. The molecule has 5 aromatic rings. The number of ether oxygens (including phenoxy) is 2. The quantitative estimate of drug-likeness (QED) is 0.308. The first-order valence-corrected chi connectivity index (χ1v) is 11.6. The van der Waals surface area contributed by atoms with Gasteiger partial charge in [-0.2, -0.15) is 0 Å². The Bertz CT molecular complexity index is 1560. The molecule has 35 heavy (non-hydrogen) atoms. The van der Waals surface area contributed by atoms with Gasteiger partial charge in [0.05, 0.1) is 18.5 Å². The van der Waals surface area contributed by atoms with Gasteiger partial charge in [-0.15, -0.1) is 11.3 Å². The summed E-state index contributed by atoms with van der Waals surface area (Å²) in [5, 5.41) is 9.75. The van der Waals surface area contributed by atoms with Crippen LogP contribution >= 0.6 is 11.3 Å². The van der Waals surface area contributed by atoms with E-state index in [-0.39, 0.29) is 12.5 Å². The van der Waals surface area contributed by atoms with Crippen molar-refractivity contribution in [2.45, 2.75) is 6.92 Å². The first-order chi connectivity index (χ1) is 17.0. The number of para-hydroxylation sites is 1. The predicted molar refractivity (Wildman–Crippen MR) is 136 cm³/mol. The Hall–Kier alpha value is -4.37. The highest BCUT2D eigenvalue weighted by molar-refractivity contribution is 7.13. The maximum atomic E-state index is 12.6. The summed E-state index contributed by atoms with van der Waals surface area (Å²) in [6.45, 7) is 1.63. The highest BCUT2D eigenvalue weighted by atomic mass is 32.1. The molecule has 0 unspecified atom stereocenters. The highest BCUT2D eigenvalue weighted by Crippen LogP contribution is 2.31. The van der Waals surface area contributed by atoms with Crippen LogP contribution in [-0.2, 0) is 4.79 Å². The number of thiazole rings is 1. The molecule has 5 rings (SSSR count). The minimum Gasteiger partial charge on any atom is -0.495 e. The molecule has 0 radical (unpaired) electrons. The van der Waals surface area contributed by atoms with Crippen LogP contribution in [0.25, 0.3) is 21.9 Å². The summed E-state index contributed by atoms with van der Waals surface area (Å²) in [5.74, 6) is 0.229. The van der Waals surface area contributed by atoms with Crippen molar-refractivity contribution in [1.29, 1.82) is 0 Å². The maximum Gasteiger partial charge on any atom is 0.262 e. The Morgan fingerprint density at radius 2 is 1.83 bits per heavy atom. The molecule has 176 valence electrons. The number of methoxy groups -OCH3 is 1. The van der Waals surface area contributed by atoms with Gasteiger partial charge >= 0.3 is 0 Å². The lowest BCUT2D eigenvalue weighted by Crippen LogP contribution is -2.21. The number of anilines is 2. The molecule has 8 nitrogen and oxygen atoms in total. The van der Waals surface area contributed by atoms with Gasteiger partial charge in [-0.1, -0.05) is 18.2 Å². The zero-order chi connectivity index (χ0) is 24.4. The lowest BCUT2D eigenvalue weighted by atomic mass is 10.1. The third-order valence-corrected chi connectivity index (χ3v) is 6.17. The molecular formula is C26H21N3O5S. The van der Waals surface area contributed by atoms with Gasteiger partial charge in [-0.05, 0) is 49.4 Å². The number of benzene rings is 3. The minimum absolute atomic E-state index is 0.223. The second kappa shape index (κ2) is 9.47. The Labute approximate surface area is 204 Å². The van der Waals surface area contributed by atoms with Crippen LogP contribution < -0.4 is 20.1 Å². The summed E-state index contributed by atoms with van der Waals surface area (Å²) < 4.78 is 16.9. The molecule has 0 aliphatic heterocycles. The first-order valence-electron chi connectivity index (χ1n) is 10.8. The molecule has 0 aliphatic carbocycles. The molecule has 2 aromatic heterocycles. The van der Waals surface area contributed by atoms with Crippen molar-refractivity contribution in [3.05, 3.63) is 77.3 Å². The zero-order valence-corrected chi connectivity index (χ0v) is 19.8. The van der Waals surface area contributed by atoms with E-state index in [0.29, 0.717) is 27.9 Å². The summed E-state index contributed by atoms with van der Waals surface area (Å²) >= 11 is 1.34. The van der Waals surface area contributed by atoms with Crippen LogP contribution in [0.4, 0.5) is 10.8 Å². The monoisotopic (exact) mass is 487 g/mol. The highest BCUT2D eigenvalue weighted by Gasteiger charge is 2.15. The Morgan fingerprint density at radius 1 is 1.00 bits per heavy atom. The summed E-state index contributed by atoms with van der Waals surface area (Å²) in [6.07, 6.45) is 0. The summed E-state index contributed by atoms with van der Waals surface area (Å²) in [4.78, 5) is 29.5. The van der Waals surface area contributed by atoms with Crippen LogP contribution in [0.1, 0.15) is 16.1 Å². The molecule has 0 saturated carbocycles. The molecule has 2 N–H and O–H groups in total. The molecule has 0 spiro atoms. The van der Waals surface area contributed by atoms with E-state index >= 15 is 0 Å². The second-order valence-corrected chi connectivity index (χ2v) is 8.61. The van der Waals surface area contributed by atoms with Crippen LogP contribution in [0.3, 0.4) is 0 Å². The Kier molecular flexibility index (Phi) is 6.07. The fourth-order valence-corrected chi connectivity index (χ4v) is 4.34. The van der Waals surface area contributed by atoms with E-state index in [1.165, 1.54) is 18.4 Å². The third kappa shape index (κ3) is 4.80. The molecule has 0 saturated heterocycles. The van der Waals surface area contributed by atoms with Crippen molar-refractivity contribution in [2.24, 2.45) is 0 Å². The number of furan rings is 1. The van der Waals surface area contributed by atoms with Crippen molar-refractivity contribution in [1.82, 2.24) is 4.98 Å². The third-order valence-electron chi connectivity index (χ3n) is 5.29. The smallest absolute Gasteiger partial charge is 0.262 e. The largest absolute Gasteiger partial charge is 0.495 e. The lowest BCUT2D eigenvalue weighted by Gasteiger charge is -2.12. The van der Waals surface area contributed by atoms with E-state index < -0.39 is 5.91 Å². The Morgan fingerprint density at radius 3 is 2.63 bits per heavy atom. The molecule has 3 aromatic carbocycles. The van der Waals surface area contributed by atoms with Gasteiger partial charge in [0.1, 0.15) is 22.7 Å². The first kappa shape index (κ1) is 22.4. The van der Waals surface area contributed by atoms with Gasteiger partial charge < -0.3 is 19.2 Å². The SMILES string of the molecule is COc1ccc(C(=O)Nc2nc(C)cs2)cc1NC(=O)COc1ccc2oc3ccccc3c2c1. The number of carbonyl (C=O) groups is 2. The fourth-order valence-electron chi connectivity index (χ4n) is 3.66. The fraction of sp³-hybridized carbons (Fsp3) is 0.115. The molecule has 0 aliphatic rings. The summed E-state index contributed by atoms with van der Waals surface area (Å²) in [5.41, 5.74) is 3.08. The number of hydrogen-bond acceptors (Lipinski definition) is 7. The molecule has 0 fully saturated rings. The lowest BCUT2D eigenvalue weighted by molar-refractivity contribution is -0.118. The van der Waals surface area contributed by atoms with E-state index in [0.717, 1.165) is 27.6 Å². The number of rotatable bonds is 7. The van der Waals surface area contributed by atoms with Crippen LogP contribution in [-0.4, -0.2) is 30.5 Å². The van der Waals surface area contributed by atoms with E-state index in [1.54, 1.807) is 24.3 Å². The molecule has 0 atom stereocenters. The van der Waals surface area contributed by atoms with Crippen molar-refractivity contribution in [3.8, 4) is 11.5 Å². The topological polar surface area (TPSA) is 103 Å². The number of hydrogen-bond donors (Lipinski definition) is 2. The van der Waals surface area contributed by atoms with Crippen molar-refractivity contribution >= 4 is 55.9 Å². The predicted octanol–water partition coefficient (Wildman–Crippen LogP) is 5.63. The summed E-state index contributed by atoms with van der Waals surface area (Å²) in [6, 6.07) is 17.9. The molecule has 9 heteroatoms. The van der Waals surface area contributed by atoms with Crippen molar-refractivity contribution in [3.63, 3.8) is 0 Å². The van der Waals surface area contributed by atoms with Gasteiger partial charge in [0, 0.05) is 21.7 Å². The maximum absolute atomic E-state index is 12.6. The zero-order valence-electron chi connectivity index (χ0n) is 19.0. The molecule has 0 bridgehead atoms. The number of amides is 2. The van der Waals surface area contributed by atoms with Crippen LogP contribution in [0.5, 0.6) is 11.5 Å². The minimum atomic E-state index is -0.395. The van der Waals surface area contributed by atoms with Gasteiger partial charge in [-0.25, -0.2) is 4.98 Å². The molecule has 2 heterocycles. The normalized spacial score (nSPS) is 10.9. The van der Waals surface area contributed by atoms with Crippen molar-refractivity contribution in [2.75, 3.05) is 24.4 Å².